The maximum atomic E-state index is 11.8. The molecule has 122 valence electrons. The molecule has 0 unspecified atom stereocenters. The molecule has 0 fully saturated rings. The predicted molar refractivity (Wildman–Crippen MR) is 94.9 cm³/mol. The first-order valence-corrected chi connectivity index (χ1v) is 7.45. The molecule has 0 aliphatic rings. The number of benzene rings is 2. The van der Waals surface area contributed by atoms with Crippen LogP contribution in [0.25, 0.3) is 6.08 Å². The molecule has 0 heterocycles. The Morgan fingerprint density at radius 3 is 2.62 bits per heavy atom. The maximum Gasteiger partial charge on any atom is 0.244 e. The molecule has 24 heavy (non-hydrogen) atoms. The van der Waals surface area contributed by atoms with Crippen molar-refractivity contribution in [1.29, 1.82) is 0 Å². The molecule has 2 aromatic rings. The number of carbonyl (C=O) groups is 1. The molecule has 1 N–H and O–H groups in total. The lowest BCUT2D eigenvalue weighted by molar-refractivity contribution is -0.116. The van der Waals surface area contributed by atoms with Gasteiger partial charge in [-0.25, -0.2) is 0 Å². The Hall–Kier alpha value is -3.19. The molecule has 0 aliphatic heterocycles. The minimum absolute atomic E-state index is 0.220. The summed E-state index contributed by atoms with van der Waals surface area (Å²) in [5.41, 5.74) is 1.69. The highest BCUT2D eigenvalue weighted by Crippen LogP contribution is 2.24. The molecule has 2 aromatic carbocycles. The summed E-state index contributed by atoms with van der Waals surface area (Å²) in [6.45, 7) is 0.285. The van der Waals surface area contributed by atoms with E-state index in [2.05, 4.69) is 17.2 Å². The molecule has 0 aliphatic carbocycles. The van der Waals surface area contributed by atoms with Crippen LogP contribution in [0.2, 0.25) is 0 Å². The third-order valence-electron chi connectivity index (χ3n) is 3.21. The van der Waals surface area contributed by atoms with Gasteiger partial charge in [0.2, 0.25) is 5.91 Å². The molecule has 0 aromatic heterocycles. The SMILES string of the molecule is COc1ccc(OC)c(/C=C/C(=O)NCC#Cc2ccccc2)c1. The van der Waals surface area contributed by atoms with Crippen molar-refractivity contribution in [2.24, 2.45) is 0 Å². The van der Waals surface area contributed by atoms with Gasteiger partial charge in [0.25, 0.3) is 0 Å². The first kappa shape index (κ1) is 17.2. The van der Waals surface area contributed by atoms with E-state index in [0.29, 0.717) is 11.5 Å². The van der Waals surface area contributed by atoms with Crippen LogP contribution in [0.1, 0.15) is 11.1 Å². The van der Waals surface area contributed by atoms with E-state index in [4.69, 9.17) is 9.47 Å². The van der Waals surface area contributed by atoms with Gasteiger partial charge in [-0.15, -0.1) is 0 Å². The number of hydrogen-bond acceptors (Lipinski definition) is 3. The number of ether oxygens (including phenoxy) is 2. The van der Waals surface area contributed by atoms with Gasteiger partial charge in [-0.05, 0) is 36.4 Å². The van der Waals surface area contributed by atoms with E-state index < -0.39 is 0 Å². The van der Waals surface area contributed by atoms with Gasteiger partial charge in [0.1, 0.15) is 11.5 Å². The fraction of sp³-hybridized carbons (Fsp3) is 0.150. The predicted octanol–water partition coefficient (Wildman–Crippen LogP) is 2.88. The second-order valence-corrected chi connectivity index (χ2v) is 4.83. The minimum atomic E-state index is -0.220. The second-order valence-electron chi connectivity index (χ2n) is 4.83. The molecule has 0 bridgehead atoms. The molecule has 0 radical (unpaired) electrons. The number of nitrogens with one attached hydrogen (secondary N) is 1. The van der Waals surface area contributed by atoms with E-state index in [9.17, 15) is 4.79 Å². The summed E-state index contributed by atoms with van der Waals surface area (Å²) < 4.78 is 10.4. The molecule has 1 amide bonds. The molecule has 0 saturated carbocycles. The number of amides is 1. The molecule has 0 saturated heterocycles. The summed E-state index contributed by atoms with van der Waals surface area (Å²) in [6.07, 6.45) is 3.13. The van der Waals surface area contributed by atoms with Gasteiger partial charge < -0.3 is 14.8 Å². The van der Waals surface area contributed by atoms with Crippen LogP contribution in [0.4, 0.5) is 0 Å². The van der Waals surface area contributed by atoms with Crippen LogP contribution >= 0.6 is 0 Å². The van der Waals surface area contributed by atoms with Crippen molar-refractivity contribution in [2.75, 3.05) is 20.8 Å². The number of carbonyl (C=O) groups excluding carboxylic acids is 1. The van der Waals surface area contributed by atoms with E-state index >= 15 is 0 Å². The standard InChI is InChI=1S/C20H19NO3/c1-23-18-11-12-19(24-2)17(15-18)10-13-20(22)21-14-6-9-16-7-4-3-5-8-16/h3-5,7-8,10-13,15H,14H2,1-2H3,(H,21,22)/b13-10+. The lowest BCUT2D eigenvalue weighted by atomic mass is 10.1. The van der Waals surface area contributed by atoms with Crippen LogP contribution in [0.15, 0.2) is 54.6 Å². The zero-order chi connectivity index (χ0) is 17.2. The first-order valence-electron chi connectivity index (χ1n) is 7.45. The monoisotopic (exact) mass is 321 g/mol. The zero-order valence-electron chi connectivity index (χ0n) is 13.7. The lowest BCUT2D eigenvalue weighted by Crippen LogP contribution is -2.20. The number of rotatable bonds is 5. The smallest absolute Gasteiger partial charge is 0.244 e. The summed E-state index contributed by atoms with van der Waals surface area (Å²) in [6, 6.07) is 15.0. The van der Waals surface area contributed by atoms with Crippen LogP contribution < -0.4 is 14.8 Å². The summed E-state index contributed by atoms with van der Waals surface area (Å²) in [4.78, 5) is 11.8. The van der Waals surface area contributed by atoms with Crippen LogP contribution in [0, 0.1) is 11.8 Å². The topological polar surface area (TPSA) is 47.6 Å². The molecular weight excluding hydrogens is 302 g/mol. The maximum absolute atomic E-state index is 11.8. The van der Waals surface area contributed by atoms with Gasteiger partial charge in [0.05, 0.1) is 20.8 Å². The summed E-state index contributed by atoms with van der Waals surface area (Å²) >= 11 is 0. The fourth-order valence-electron chi connectivity index (χ4n) is 1.99. The Morgan fingerprint density at radius 2 is 1.92 bits per heavy atom. The number of hydrogen-bond donors (Lipinski definition) is 1. The normalized spacial score (nSPS) is 9.92. The Kier molecular flexibility index (Phi) is 6.48. The van der Waals surface area contributed by atoms with E-state index in [1.165, 1.54) is 6.08 Å². The van der Waals surface area contributed by atoms with Gasteiger partial charge in [-0.1, -0.05) is 30.0 Å². The van der Waals surface area contributed by atoms with Crippen molar-refractivity contribution in [2.45, 2.75) is 0 Å². The molecular formula is C20H19NO3. The van der Waals surface area contributed by atoms with E-state index in [0.717, 1.165) is 11.1 Å². The Morgan fingerprint density at radius 1 is 1.12 bits per heavy atom. The van der Waals surface area contributed by atoms with Gasteiger partial charge in [-0.2, -0.15) is 0 Å². The van der Waals surface area contributed by atoms with Crippen molar-refractivity contribution >= 4 is 12.0 Å². The van der Waals surface area contributed by atoms with Crippen LogP contribution in [0.3, 0.4) is 0 Å². The Bertz CT molecular complexity index is 770. The highest BCUT2D eigenvalue weighted by Gasteiger charge is 2.02. The van der Waals surface area contributed by atoms with Crippen molar-refractivity contribution in [3.05, 3.63) is 65.7 Å². The number of methoxy groups -OCH3 is 2. The van der Waals surface area contributed by atoms with Gasteiger partial charge >= 0.3 is 0 Å². The largest absolute Gasteiger partial charge is 0.497 e. The van der Waals surface area contributed by atoms with Gasteiger partial charge in [0, 0.05) is 17.2 Å². The van der Waals surface area contributed by atoms with Crippen LogP contribution in [-0.2, 0) is 4.79 Å². The third-order valence-corrected chi connectivity index (χ3v) is 3.21. The van der Waals surface area contributed by atoms with Gasteiger partial charge in [-0.3, -0.25) is 4.79 Å². The van der Waals surface area contributed by atoms with Crippen LogP contribution in [0.5, 0.6) is 11.5 Å². The highest BCUT2D eigenvalue weighted by molar-refractivity contribution is 5.92. The van der Waals surface area contributed by atoms with E-state index in [1.807, 2.05) is 30.3 Å². The Balaban J connectivity index is 1.92. The average molecular weight is 321 g/mol. The second kappa shape index (κ2) is 9.06. The molecule has 4 nitrogen and oxygen atoms in total. The van der Waals surface area contributed by atoms with Crippen molar-refractivity contribution in [3.8, 4) is 23.3 Å². The quantitative estimate of drug-likeness (QED) is 0.680. The first-order chi connectivity index (χ1) is 11.7. The van der Waals surface area contributed by atoms with Crippen molar-refractivity contribution in [3.63, 3.8) is 0 Å². The van der Waals surface area contributed by atoms with Crippen molar-refractivity contribution < 1.29 is 14.3 Å². The highest BCUT2D eigenvalue weighted by atomic mass is 16.5. The van der Waals surface area contributed by atoms with Crippen LogP contribution in [-0.4, -0.2) is 26.7 Å². The van der Waals surface area contributed by atoms with Crippen molar-refractivity contribution in [1.82, 2.24) is 5.32 Å². The van der Waals surface area contributed by atoms with E-state index in [1.54, 1.807) is 38.5 Å². The third kappa shape index (κ3) is 5.22. The molecule has 4 heteroatoms. The summed E-state index contributed by atoms with van der Waals surface area (Å²) in [5, 5.41) is 2.72. The zero-order valence-corrected chi connectivity index (χ0v) is 13.7. The molecule has 0 atom stereocenters. The summed E-state index contributed by atoms with van der Waals surface area (Å²) in [5.74, 6) is 7.04. The minimum Gasteiger partial charge on any atom is -0.497 e. The molecule has 2 rings (SSSR count). The lowest BCUT2D eigenvalue weighted by Gasteiger charge is -2.07. The van der Waals surface area contributed by atoms with Gasteiger partial charge in [0.15, 0.2) is 0 Å². The van der Waals surface area contributed by atoms with E-state index in [-0.39, 0.29) is 12.5 Å². The average Bonchev–Trinajstić information content (AvgIpc) is 2.64. The Labute approximate surface area is 142 Å². The summed E-state index contributed by atoms with van der Waals surface area (Å²) in [7, 11) is 3.17. The fourth-order valence-corrected chi connectivity index (χ4v) is 1.99. The molecule has 0 spiro atoms.